The summed E-state index contributed by atoms with van der Waals surface area (Å²) in [6.07, 6.45) is 3.47. The number of carbonyl (C=O) groups is 1. The van der Waals surface area contributed by atoms with Gasteiger partial charge in [-0.05, 0) is 85.6 Å². The predicted molar refractivity (Wildman–Crippen MR) is 146 cm³/mol. The topological polar surface area (TPSA) is 96.7 Å². The molecule has 202 valence electrons. The van der Waals surface area contributed by atoms with Gasteiger partial charge in [-0.15, -0.1) is 0 Å². The number of fused-ring (bicyclic) bond motifs is 1. The first kappa shape index (κ1) is 26.9. The summed E-state index contributed by atoms with van der Waals surface area (Å²) in [6, 6.07) is 11.9. The maximum atomic E-state index is 13.9. The van der Waals surface area contributed by atoms with Crippen LogP contribution in [0.4, 0.5) is 0 Å². The van der Waals surface area contributed by atoms with Crippen LogP contribution in [0.1, 0.15) is 67.0 Å². The fourth-order valence-corrected chi connectivity index (χ4v) is 6.22. The molecule has 3 heterocycles. The zero-order valence-corrected chi connectivity index (χ0v) is 23.9. The molecule has 1 aliphatic heterocycles. The zero-order valence-electron chi connectivity index (χ0n) is 23.1. The molecule has 0 unspecified atom stereocenters. The summed E-state index contributed by atoms with van der Waals surface area (Å²) >= 11 is 0. The molecule has 0 N–H and O–H groups in total. The summed E-state index contributed by atoms with van der Waals surface area (Å²) in [5.74, 6) is -0.214. The van der Waals surface area contributed by atoms with E-state index in [2.05, 4.69) is 4.98 Å². The number of hydrogen-bond donors (Lipinski definition) is 0. The number of aromatic nitrogens is 2. The lowest BCUT2D eigenvalue weighted by molar-refractivity contribution is -0.161. The minimum Gasteiger partial charge on any atom is -0.460 e. The minimum absolute atomic E-state index is 0.154. The number of hydrogen-bond acceptors (Lipinski definition) is 7. The van der Waals surface area contributed by atoms with Gasteiger partial charge in [-0.2, -0.15) is 0 Å². The maximum absolute atomic E-state index is 13.9. The number of ether oxygens (including phenoxy) is 1. The summed E-state index contributed by atoms with van der Waals surface area (Å²) in [5, 5.41) is 0.680. The molecule has 2 fully saturated rings. The van der Waals surface area contributed by atoms with Crippen molar-refractivity contribution in [3.8, 4) is 0 Å². The average Bonchev–Trinajstić information content (AvgIpc) is 3.42. The molecule has 1 aliphatic carbocycles. The van der Waals surface area contributed by atoms with Crippen LogP contribution in [0, 0.1) is 5.41 Å². The molecule has 0 amide bonds. The zero-order chi connectivity index (χ0) is 27.7. The van der Waals surface area contributed by atoms with E-state index in [1.807, 2.05) is 54.5 Å². The maximum Gasteiger partial charge on any atom is 0.513 e. The van der Waals surface area contributed by atoms with E-state index in [9.17, 15) is 13.2 Å². The van der Waals surface area contributed by atoms with Crippen molar-refractivity contribution in [1.82, 2.24) is 8.96 Å². The van der Waals surface area contributed by atoms with E-state index in [0.29, 0.717) is 28.6 Å². The van der Waals surface area contributed by atoms with E-state index >= 15 is 0 Å². The summed E-state index contributed by atoms with van der Waals surface area (Å²) in [5.41, 5.74) is -0.948. The second kappa shape index (κ2) is 8.66. The molecule has 2 aliphatic rings. The number of carbonyl (C=O) groups excluding carboxylic acids is 1. The van der Waals surface area contributed by atoms with Crippen LogP contribution in [0.5, 0.6) is 0 Å². The van der Waals surface area contributed by atoms with Gasteiger partial charge in [-0.3, -0.25) is 9.78 Å². The Morgan fingerprint density at radius 2 is 1.66 bits per heavy atom. The first-order valence-corrected chi connectivity index (χ1v) is 14.4. The van der Waals surface area contributed by atoms with Gasteiger partial charge < -0.3 is 14.0 Å². The van der Waals surface area contributed by atoms with Gasteiger partial charge in [0.15, 0.2) is 0 Å². The van der Waals surface area contributed by atoms with Gasteiger partial charge in [0, 0.05) is 17.5 Å². The lowest BCUT2D eigenvalue weighted by Crippen LogP contribution is -2.41. The van der Waals surface area contributed by atoms with Gasteiger partial charge >= 0.3 is 13.1 Å². The third kappa shape index (κ3) is 4.67. The largest absolute Gasteiger partial charge is 0.513 e. The first-order chi connectivity index (χ1) is 17.5. The number of esters is 1. The summed E-state index contributed by atoms with van der Waals surface area (Å²) in [6.45, 7) is 13.3. The summed E-state index contributed by atoms with van der Waals surface area (Å²) < 4.78 is 47.3. The lowest BCUT2D eigenvalue weighted by atomic mass is 9.85. The predicted octanol–water partition coefficient (Wildman–Crippen LogP) is 4.24. The number of nitrogens with zero attached hydrogens (tertiary/aromatic N) is 2. The van der Waals surface area contributed by atoms with Gasteiger partial charge in [0.05, 0.1) is 38.8 Å². The fourth-order valence-electron chi connectivity index (χ4n) is 4.68. The third-order valence-corrected chi connectivity index (χ3v) is 9.46. The Labute approximate surface area is 224 Å². The third-order valence-electron chi connectivity index (χ3n) is 7.71. The molecule has 1 saturated heterocycles. The Kier molecular flexibility index (Phi) is 6.13. The second-order valence-electron chi connectivity index (χ2n) is 12.4. The van der Waals surface area contributed by atoms with E-state index in [0.717, 1.165) is 12.8 Å². The highest BCUT2D eigenvalue weighted by molar-refractivity contribution is 7.90. The Bertz CT molecular complexity index is 1490. The van der Waals surface area contributed by atoms with E-state index in [-0.39, 0.29) is 10.9 Å². The number of rotatable bonds is 6. The highest BCUT2D eigenvalue weighted by Crippen LogP contribution is 2.50. The Balaban J connectivity index is 1.59. The van der Waals surface area contributed by atoms with Crippen molar-refractivity contribution < 1.29 is 27.3 Å². The SMILES string of the molecule is CC(C)(C)OC(=O)C1(Cc2cc3cc(B4OC(C)(C)C(C)(C)O4)n(S(=O)(=O)c4ccccc4)c3cn2)CC1. The standard InChI is InChI=1S/C28H35BN2O6S/c1-25(2,3)35-24(32)28(13-14-28)17-20-15-19-16-23(29-36-26(4,5)27(6,7)37-29)31(22(19)18-30-20)38(33,34)21-11-9-8-10-12-21/h8-12,15-16,18H,13-14,17H2,1-7H3. The van der Waals surface area contributed by atoms with Crippen molar-refractivity contribution in [2.24, 2.45) is 5.41 Å². The first-order valence-electron chi connectivity index (χ1n) is 12.9. The van der Waals surface area contributed by atoms with Gasteiger partial charge in [0.1, 0.15) is 5.60 Å². The highest BCUT2D eigenvalue weighted by Gasteiger charge is 2.54. The van der Waals surface area contributed by atoms with Crippen molar-refractivity contribution in [2.75, 3.05) is 0 Å². The number of pyridine rings is 1. The van der Waals surface area contributed by atoms with Crippen LogP contribution in [-0.4, -0.2) is 47.3 Å². The molecular formula is C28H35BN2O6S. The van der Waals surface area contributed by atoms with Crippen molar-refractivity contribution >= 4 is 39.6 Å². The lowest BCUT2D eigenvalue weighted by Gasteiger charge is -2.32. The molecule has 0 spiro atoms. The quantitative estimate of drug-likeness (QED) is 0.342. The molecule has 5 rings (SSSR count). The van der Waals surface area contributed by atoms with Crippen LogP contribution in [0.15, 0.2) is 53.6 Å². The fraction of sp³-hybridized carbons (Fsp3) is 0.500. The minimum atomic E-state index is -3.99. The van der Waals surface area contributed by atoms with E-state index in [1.54, 1.807) is 42.6 Å². The van der Waals surface area contributed by atoms with Gasteiger partial charge in [0.25, 0.3) is 10.0 Å². The molecule has 10 heteroatoms. The van der Waals surface area contributed by atoms with Gasteiger partial charge in [-0.25, -0.2) is 12.4 Å². The van der Waals surface area contributed by atoms with Crippen molar-refractivity contribution in [3.63, 3.8) is 0 Å². The molecule has 8 nitrogen and oxygen atoms in total. The van der Waals surface area contributed by atoms with E-state index in [1.165, 1.54) is 3.97 Å². The van der Waals surface area contributed by atoms with E-state index in [4.69, 9.17) is 14.0 Å². The molecule has 2 aromatic heterocycles. The van der Waals surface area contributed by atoms with E-state index < -0.39 is 39.4 Å². The molecule has 1 aromatic carbocycles. The number of benzene rings is 1. The van der Waals surface area contributed by atoms with Crippen molar-refractivity contribution in [2.45, 2.75) is 89.4 Å². The van der Waals surface area contributed by atoms with Crippen molar-refractivity contribution in [3.05, 3.63) is 54.4 Å². The van der Waals surface area contributed by atoms with Crippen LogP contribution >= 0.6 is 0 Å². The Morgan fingerprint density at radius 1 is 1.05 bits per heavy atom. The van der Waals surface area contributed by atoms with Crippen LogP contribution < -0.4 is 5.59 Å². The second-order valence-corrected chi connectivity index (χ2v) is 14.2. The van der Waals surface area contributed by atoms with Crippen molar-refractivity contribution in [1.29, 1.82) is 0 Å². The Hall–Kier alpha value is -2.69. The monoisotopic (exact) mass is 538 g/mol. The molecular weight excluding hydrogens is 503 g/mol. The van der Waals surface area contributed by atoms with Crippen LogP contribution in [0.3, 0.4) is 0 Å². The molecule has 0 atom stereocenters. The molecule has 1 saturated carbocycles. The highest BCUT2D eigenvalue weighted by atomic mass is 32.2. The smallest absolute Gasteiger partial charge is 0.460 e. The van der Waals surface area contributed by atoms with Crippen LogP contribution in [0.2, 0.25) is 0 Å². The average molecular weight is 538 g/mol. The molecule has 38 heavy (non-hydrogen) atoms. The Morgan fingerprint density at radius 3 is 2.21 bits per heavy atom. The summed E-state index contributed by atoms with van der Waals surface area (Å²) in [7, 11) is -4.89. The van der Waals surface area contributed by atoms with Crippen LogP contribution in [-0.2, 0) is 35.3 Å². The molecule has 3 aromatic rings. The summed E-state index contributed by atoms with van der Waals surface area (Å²) in [4.78, 5) is 17.6. The molecule has 0 radical (unpaired) electrons. The van der Waals surface area contributed by atoms with Crippen LogP contribution in [0.25, 0.3) is 10.9 Å². The normalized spacial score (nSPS) is 20.0. The van der Waals surface area contributed by atoms with Gasteiger partial charge in [-0.1, -0.05) is 18.2 Å². The van der Waals surface area contributed by atoms with Gasteiger partial charge in [0.2, 0.25) is 0 Å². The molecule has 0 bridgehead atoms.